The van der Waals surface area contributed by atoms with E-state index in [-0.39, 0.29) is 5.97 Å². The summed E-state index contributed by atoms with van der Waals surface area (Å²) < 4.78 is 4.73. The van der Waals surface area contributed by atoms with Gasteiger partial charge in [0.15, 0.2) is 5.11 Å². The van der Waals surface area contributed by atoms with E-state index in [0.29, 0.717) is 16.7 Å². The highest BCUT2D eigenvalue weighted by atomic mass is 32.1. The number of hydrogen-bond donors (Lipinski definition) is 2. The Labute approximate surface area is 137 Å². The maximum absolute atomic E-state index is 11.5. The molecule has 0 heterocycles. The molecule has 0 unspecified atom stereocenters. The van der Waals surface area contributed by atoms with Crippen molar-refractivity contribution in [1.82, 2.24) is 5.32 Å². The Morgan fingerprint density at radius 2 is 1.86 bits per heavy atom. The SMILES string of the molecule is COC(=O)c1cccc(NC(=S)NC2CCCCCCC2)c1. The van der Waals surface area contributed by atoms with Gasteiger partial charge >= 0.3 is 5.97 Å². The number of nitrogens with one attached hydrogen (secondary N) is 2. The van der Waals surface area contributed by atoms with Crippen molar-refractivity contribution in [3.8, 4) is 0 Å². The summed E-state index contributed by atoms with van der Waals surface area (Å²) in [6, 6.07) is 7.62. The van der Waals surface area contributed by atoms with Gasteiger partial charge in [-0.2, -0.15) is 0 Å². The molecule has 2 rings (SSSR count). The van der Waals surface area contributed by atoms with Crippen LogP contribution in [0.3, 0.4) is 0 Å². The maximum atomic E-state index is 11.5. The lowest BCUT2D eigenvalue weighted by Crippen LogP contribution is -2.38. The summed E-state index contributed by atoms with van der Waals surface area (Å²) in [6.45, 7) is 0. The number of esters is 1. The predicted molar refractivity (Wildman–Crippen MR) is 93.2 cm³/mol. The van der Waals surface area contributed by atoms with E-state index in [1.165, 1.54) is 52.1 Å². The minimum Gasteiger partial charge on any atom is -0.465 e. The third kappa shape index (κ3) is 5.30. The Balaban J connectivity index is 1.89. The zero-order chi connectivity index (χ0) is 15.8. The molecule has 1 aromatic carbocycles. The Hall–Kier alpha value is -1.62. The summed E-state index contributed by atoms with van der Waals surface area (Å²) >= 11 is 5.39. The smallest absolute Gasteiger partial charge is 0.337 e. The second-order valence-electron chi connectivity index (χ2n) is 5.71. The van der Waals surface area contributed by atoms with E-state index in [1.807, 2.05) is 12.1 Å². The fourth-order valence-corrected chi connectivity index (χ4v) is 3.08. The monoisotopic (exact) mass is 320 g/mol. The summed E-state index contributed by atoms with van der Waals surface area (Å²) in [5.74, 6) is -0.345. The minimum atomic E-state index is -0.345. The highest BCUT2D eigenvalue weighted by Crippen LogP contribution is 2.17. The first-order chi connectivity index (χ1) is 10.7. The molecule has 0 aliphatic heterocycles. The molecule has 1 fully saturated rings. The third-order valence-corrected chi connectivity index (χ3v) is 4.20. The van der Waals surface area contributed by atoms with Gasteiger partial charge in [0.05, 0.1) is 12.7 Å². The molecule has 1 aliphatic carbocycles. The van der Waals surface area contributed by atoms with E-state index in [0.717, 1.165) is 5.69 Å². The summed E-state index contributed by atoms with van der Waals surface area (Å²) in [7, 11) is 1.38. The van der Waals surface area contributed by atoms with Crippen LogP contribution < -0.4 is 10.6 Å². The lowest BCUT2D eigenvalue weighted by Gasteiger charge is -2.23. The van der Waals surface area contributed by atoms with Crippen LogP contribution in [0.1, 0.15) is 55.3 Å². The molecule has 1 aliphatic rings. The van der Waals surface area contributed by atoms with Gasteiger partial charge in [0, 0.05) is 11.7 Å². The van der Waals surface area contributed by atoms with Crippen molar-refractivity contribution in [3.63, 3.8) is 0 Å². The summed E-state index contributed by atoms with van der Waals surface area (Å²) in [5, 5.41) is 7.18. The largest absolute Gasteiger partial charge is 0.465 e. The van der Waals surface area contributed by atoms with Crippen molar-refractivity contribution >= 4 is 29.0 Å². The van der Waals surface area contributed by atoms with Crippen molar-refractivity contribution < 1.29 is 9.53 Å². The van der Waals surface area contributed by atoms with Crippen LogP contribution in [0.15, 0.2) is 24.3 Å². The molecule has 0 radical (unpaired) electrons. The van der Waals surface area contributed by atoms with Crippen LogP contribution in [0, 0.1) is 0 Å². The second-order valence-corrected chi connectivity index (χ2v) is 6.12. The third-order valence-electron chi connectivity index (χ3n) is 3.98. The molecule has 0 bridgehead atoms. The molecule has 0 saturated heterocycles. The Morgan fingerprint density at radius 3 is 2.55 bits per heavy atom. The van der Waals surface area contributed by atoms with Gasteiger partial charge in [0.1, 0.15) is 0 Å². The Morgan fingerprint density at radius 1 is 1.18 bits per heavy atom. The standard InChI is InChI=1S/C17H24N2O2S/c1-21-16(20)13-8-7-11-15(12-13)19-17(22)18-14-9-5-3-2-4-6-10-14/h7-8,11-12,14H,2-6,9-10H2,1H3,(H2,18,19,22). The first kappa shape index (κ1) is 16.7. The lowest BCUT2D eigenvalue weighted by molar-refractivity contribution is 0.0601. The fourth-order valence-electron chi connectivity index (χ4n) is 2.79. The van der Waals surface area contributed by atoms with Gasteiger partial charge in [-0.25, -0.2) is 4.79 Å². The van der Waals surface area contributed by atoms with Crippen molar-refractivity contribution in [3.05, 3.63) is 29.8 Å². The van der Waals surface area contributed by atoms with Gasteiger partial charge in [-0.1, -0.05) is 38.2 Å². The number of rotatable bonds is 3. The molecule has 1 aromatic rings. The average Bonchev–Trinajstić information content (AvgIpc) is 2.49. The number of ether oxygens (including phenoxy) is 1. The van der Waals surface area contributed by atoms with Crippen molar-refractivity contribution in [2.45, 2.75) is 51.0 Å². The molecule has 1 saturated carbocycles. The van der Waals surface area contributed by atoms with E-state index in [2.05, 4.69) is 10.6 Å². The molecule has 5 heteroatoms. The first-order valence-electron chi connectivity index (χ1n) is 7.95. The predicted octanol–water partition coefficient (Wildman–Crippen LogP) is 3.87. The van der Waals surface area contributed by atoms with Crippen LogP contribution >= 0.6 is 12.2 Å². The molecule has 0 spiro atoms. The number of hydrogen-bond acceptors (Lipinski definition) is 3. The summed E-state index contributed by atoms with van der Waals surface area (Å²) in [5.41, 5.74) is 1.31. The Kier molecular flexibility index (Phi) is 6.65. The average molecular weight is 320 g/mol. The zero-order valence-electron chi connectivity index (χ0n) is 13.1. The fraction of sp³-hybridized carbons (Fsp3) is 0.529. The van der Waals surface area contributed by atoms with E-state index in [4.69, 9.17) is 17.0 Å². The van der Waals surface area contributed by atoms with Crippen LogP contribution in [0.5, 0.6) is 0 Å². The normalized spacial score (nSPS) is 16.2. The number of benzene rings is 1. The van der Waals surface area contributed by atoms with Crippen molar-refractivity contribution in [2.24, 2.45) is 0 Å². The minimum absolute atomic E-state index is 0.345. The van der Waals surface area contributed by atoms with Crippen LogP contribution in [-0.4, -0.2) is 24.2 Å². The van der Waals surface area contributed by atoms with Crippen LogP contribution in [0.25, 0.3) is 0 Å². The maximum Gasteiger partial charge on any atom is 0.337 e. The molecular formula is C17H24N2O2S. The van der Waals surface area contributed by atoms with Gasteiger partial charge < -0.3 is 15.4 Å². The van der Waals surface area contributed by atoms with E-state index in [1.54, 1.807) is 12.1 Å². The number of anilines is 1. The van der Waals surface area contributed by atoms with Gasteiger partial charge in [-0.15, -0.1) is 0 Å². The van der Waals surface area contributed by atoms with Crippen LogP contribution in [0.4, 0.5) is 5.69 Å². The van der Waals surface area contributed by atoms with Gasteiger partial charge in [-0.05, 0) is 43.3 Å². The summed E-state index contributed by atoms with van der Waals surface area (Å²) in [6.07, 6.45) is 8.86. The van der Waals surface area contributed by atoms with E-state index < -0.39 is 0 Å². The lowest BCUT2D eigenvalue weighted by atomic mass is 9.97. The van der Waals surface area contributed by atoms with Gasteiger partial charge in [0.25, 0.3) is 0 Å². The molecule has 4 nitrogen and oxygen atoms in total. The van der Waals surface area contributed by atoms with Crippen LogP contribution in [0.2, 0.25) is 0 Å². The van der Waals surface area contributed by atoms with E-state index in [9.17, 15) is 4.79 Å². The van der Waals surface area contributed by atoms with Crippen molar-refractivity contribution in [1.29, 1.82) is 0 Å². The highest BCUT2D eigenvalue weighted by molar-refractivity contribution is 7.80. The molecule has 120 valence electrons. The van der Waals surface area contributed by atoms with Crippen LogP contribution in [-0.2, 0) is 4.74 Å². The molecule has 22 heavy (non-hydrogen) atoms. The number of methoxy groups -OCH3 is 1. The number of carbonyl (C=O) groups is 1. The second kappa shape index (κ2) is 8.73. The first-order valence-corrected chi connectivity index (χ1v) is 8.36. The molecule has 2 N–H and O–H groups in total. The highest BCUT2D eigenvalue weighted by Gasteiger charge is 2.12. The zero-order valence-corrected chi connectivity index (χ0v) is 13.9. The Bertz CT molecular complexity index is 511. The molecular weight excluding hydrogens is 296 g/mol. The molecule has 0 aromatic heterocycles. The molecule has 0 atom stereocenters. The van der Waals surface area contributed by atoms with Crippen molar-refractivity contribution in [2.75, 3.05) is 12.4 Å². The number of carbonyl (C=O) groups excluding carboxylic acids is 1. The summed E-state index contributed by atoms with van der Waals surface area (Å²) in [4.78, 5) is 11.5. The van der Waals surface area contributed by atoms with Gasteiger partial charge in [-0.3, -0.25) is 0 Å². The quantitative estimate of drug-likeness (QED) is 0.654. The van der Waals surface area contributed by atoms with Gasteiger partial charge in [0.2, 0.25) is 0 Å². The topological polar surface area (TPSA) is 50.4 Å². The molecule has 0 amide bonds. The van der Waals surface area contributed by atoms with E-state index >= 15 is 0 Å². The number of thiocarbonyl (C=S) groups is 1.